The minimum atomic E-state index is -0.188. The normalized spacial score (nSPS) is 10.1. The van der Waals surface area contributed by atoms with Crippen LogP contribution in [0.15, 0.2) is 0 Å². The Kier molecular flexibility index (Phi) is 2.41. The summed E-state index contributed by atoms with van der Waals surface area (Å²) in [5.74, 6) is -0.188. The molecule has 2 nitrogen and oxygen atoms in total. The van der Waals surface area contributed by atoms with Crippen LogP contribution in [0.2, 0.25) is 0 Å². The van der Waals surface area contributed by atoms with Crippen LogP contribution in [0, 0.1) is 0 Å². The quantitative estimate of drug-likeness (QED) is 0.542. The Morgan fingerprint density at radius 2 is 2.71 bits per heavy atom. The van der Waals surface area contributed by atoms with E-state index in [1.165, 1.54) is 0 Å². The largest absolute Gasteiger partial charge is 0.356 e. The van der Waals surface area contributed by atoms with Crippen LogP contribution in [-0.2, 0) is 4.79 Å². The van der Waals surface area contributed by atoms with Gasteiger partial charge < -0.3 is 5.32 Å². The molecular formula is C5H11NO. The first kappa shape index (κ1) is 4.62. The van der Waals surface area contributed by atoms with Crippen LogP contribution in [0.25, 0.3) is 0 Å². The lowest BCUT2D eigenvalue weighted by molar-refractivity contribution is -0.118. The van der Waals surface area contributed by atoms with Gasteiger partial charge in [-0.1, -0.05) is 6.92 Å². The van der Waals surface area contributed by atoms with Crippen molar-refractivity contribution in [2.24, 2.45) is 0 Å². The van der Waals surface area contributed by atoms with Crippen LogP contribution in [0.4, 0.5) is 0 Å². The molecule has 0 radical (unpaired) electrons. The Hall–Kier alpha value is -0.530. The second-order valence-electron chi connectivity index (χ2n) is 1.35. The smallest absolute Gasteiger partial charge is 0.216 e. The molecular weight excluding hydrogens is 90.1 g/mol. The number of amides is 1. The summed E-state index contributed by atoms with van der Waals surface area (Å²) in [6, 6.07) is 0. The maximum Gasteiger partial charge on any atom is 0.216 e. The topological polar surface area (TPSA) is 29.1 Å². The van der Waals surface area contributed by atoms with Crippen LogP contribution in [0.1, 0.15) is 21.6 Å². The Balaban J connectivity index is 2.99. The molecule has 0 aromatic heterocycles. The van der Waals surface area contributed by atoms with Crippen molar-refractivity contribution >= 4 is 5.91 Å². The van der Waals surface area contributed by atoms with Gasteiger partial charge in [0.2, 0.25) is 5.91 Å². The summed E-state index contributed by atoms with van der Waals surface area (Å²) >= 11 is 0. The number of hydrogen-bond donors (Lipinski definition) is 1. The van der Waals surface area contributed by atoms with Crippen LogP contribution in [0.3, 0.4) is 0 Å². The third kappa shape index (κ3) is 5.47. The van der Waals surface area contributed by atoms with Crippen molar-refractivity contribution in [3.8, 4) is 0 Å². The second kappa shape index (κ2) is 3.65. The lowest BCUT2D eigenvalue weighted by Crippen LogP contribution is -2.19. The highest BCUT2D eigenvalue weighted by Gasteiger charge is 1.83. The zero-order chi connectivity index (χ0) is 6.41. The highest BCUT2D eigenvalue weighted by atomic mass is 16.1. The summed E-state index contributed by atoms with van der Waals surface area (Å²) < 4.78 is 6.58. The van der Waals surface area contributed by atoms with E-state index in [1.54, 1.807) is 0 Å². The minimum absolute atomic E-state index is 0.153. The fourth-order valence-electron chi connectivity index (χ4n) is 0.264. The number of carbonyl (C=O) groups is 1. The van der Waals surface area contributed by atoms with Crippen LogP contribution < -0.4 is 5.32 Å². The van der Waals surface area contributed by atoms with E-state index >= 15 is 0 Å². The van der Waals surface area contributed by atoms with E-state index in [-0.39, 0.29) is 12.8 Å². The van der Waals surface area contributed by atoms with Gasteiger partial charge in [-0.3, -0.25) is 4.79 Å². The van der Waals surface area contributed by atoms with Crippen molar-refractivity contribution < 1.29 is 6.17 Å². The fraction of sp³-hybridized carbons (Fsp3) is 0.800. The van der Waals surface area contributed by atoms with E-state index in [4.69, 9.17) is 1.37 Å². The van der Waals surface area contributed by atoms with Crippen LogP contribution in [0.5, 0.6) is 0 Å². The molecule has 0 bridgehead atoms. The van der Waals surface area contributed by atoms with Crippen molar-refractivity contribution in [3.05, 3.63) is 0 Å². The van der Waals surface area contributed by atoms with E-state index in [2.05, 4.69) is 5.32 Å². The Bertz CT molecular complexity index is 74.8. The van der Waals surface area contributed by atoms with Gasteiger partial charge in [0.25, 0.3) is 0 Å². The molecule has 7 heavy (non-hydrogen) atoms. The molecule has 0 heterocycles. The highest BCUT2D eigenvalue weighted by Crippen LogP contribution is 1.67. The first-order chi connectivity index (χ1) is 3.81. The molecule has 42 valence electrons. The van der Waals surface area contributed by atoms with Gasteiger partial charge >= 0.3 is 0 Å². The van der Waals surface area contributed by atoms with E-state index in [0.29, 0.717) is 6.54 Å². The maximum absolute atomic E-state index is 10.3. The molecule has 0 rings (SSSR count). The van der Waals surface area contributed by atoms with Crippen LogP contribution in [-0.4, -0.2) is 12.5 Å². The van der Waals surface area contributed by atoms with Crippen molar-refractivity contribution in [1.82, 2.24) is 5.32 Å². The summed E-state index contributed by atoms with van der Waals surface area (Å²) in [7, 11) is 0. The third-order valence-electron chi connectivity index (χ3n) is 0.572. The molecule has 0 saturated heterocycles. The molecule has 0 saturated carbocycles. The van der Waals surface area contributed by atoms with Gasteiger partial charge in [0.05, 0.1) is 0 Å². The van der Waals surface area contributed by atoms with Crippen molar-refractivity contribution in [3.63, 3.8) is 0 Å². The summed E-state index contributed by atoms with van der Waals surface area (Å²) in [6.45, 7) is 2.52. The zero-order valence-electron chi connectivity index (χ0n) is 5.53. The van der Waals surface area contributed by atoms with Crippen LogP contribution >= 0.6 is 0 Å². The average Bonchev–Trinajstić information content (AvgIpc) is 1.83. The Morgan fingerprint density at radius 3 is 3.14 bits per heavy atom. The number of hydrogen-bond acceptors (Lipinski definition) is 1. The molecule has 0 aliphatic heterocycles. The van der Waals surface area contributed by atoms with Gasteiger partial charge in [-0.15, -0.1) is 0 Å². The van der Waals surface area contributed by atoms with Gasteiger partial charge in [0, 0.05) is 14.8 Å². The summed E-state index contributed by atoms with van der Waals surface area (Å²) in [4.78, 5) is 10.3. The Labute approximate surface area is 45.3 Å². The minimum Gasteiger partial charge on any atom is -0.356 e. The van der Waals surface area contributed by atoms with Gasteiger partial charge in [-0.2, -0.15) is 0 Å². The maximum atomic E-state index is 10.3. The first-order valence-electron chi connectivity index (χ1n) is 3.08. The number of carbonyl (C=O) groups excluding carboxylic acids is 1. The van der Waals surface area contributed by atoms with Gasteiger partial charge in [-0.05, 0) is 6.42 Å². The SMILES string of the molecule is [3H]CC(=O)NCCC. The molecule has 0 spiro atoms. The van der Waals surface area contributed by atoms with Gasteiger partial charge in [-0.25, -0.2) is 0 Å². The van der Waals surface area contributed by atoms with Gasteiger partial charge in [0.15, 0.2) is 0 Å². The van der Waals surface area contributed by atoms with Crippen molar-refractivity contribution in [2.75, 3.05) is 6.54 Å². The molecule has 0 aromatic carbocycles. The van der Waals surface area contributed by atoms with E-state index in [0.717, 1.165) is 6.42 Å². The molecule has 1 N–H and O–H groups in total. The first-order valence-corrected chi connectivity index (χ1v) is 2.37. The lowest BCUT2D eigenvalue weighted by atomic mass is 10.5. The number of rotatable bonds is 2. The molecule has 0 aliphatic carbocycles. The summed E-state index contributed by atoms with van der Waals surface area (Å²) in [5, 5.41) is 2.56. The molecule has 0 unspecified atom stereocenters. The predicted molar refractivity (Wildman–Crippen MR) is 29.0 cm³/mol. The average molecular weight is 103 g/mol. The zero-order valence-corrected chi connectivity index (χ0v) is 4.53. The second-order valence-corrected chi connectivity index (χ2v) is 1.35. The van der Waals surface area contributed by atoms with E-state index in [1.807, 2.05) is 6.92 Å². The van der Waals surface area contributed by atoms with Crippen molar-refractivity contribution in [1.29, 1.82) is 0 Å². The van der Waals surface area contributed by atoms with E-state index in [9.17, 15) is 4.79 Å². The molecule has 0 atom stereocenters. The molecule has 0 fully saturated rings. The Morgan fingerprint density at radius 1 is 2.00 bits per heavy atom. The fourth-order valence-corrected chi connectivity index (χ4v) is 0.264. The van der Waals surface area contributed by atoms with Crippen molar-refractivity contribution in [2.45, 2.75) is 20.2 Å². The third-order valence-corrected chi connectivity index (χ3v) is 0.572. The molecule has 0 aromatic rings. The van der Waals surface area contributed by atoms with E-state index < -0.39 is 0 Å². The standard InChI is InChI=1S/C5H11NO/c1-3-4-6-5(2)7/h3-4H2,1-2H3,(H,6,7)/i2T. The number of nitrogens with one attached hydrogen (secondary N) is 1. The molecule has 1 amide bonds. The lowest BCUT2D eigenvalue weighted by Gasteiger charge is -1.93. The van der Waals surface area contributed by atoms with Gasteiger partial charge in [0.1, 0.15) is 0 Å². The monoisotopic (exact) mass is 103 g/mol. The summed E-state index contributed by atoms with van der Waals surface area (Å²) in [6.07, 6.45) is 0.936. The highest BCUT2D eigenvalue weighted by molar-refractivity contribution is 5.72. The predicted octanol–water partition coefficient (Wildman–Crippen LogP) is 0.532. The molecule has 0 aliphatic rings. The summed E-state index contributed by atoms with van der Waals surface area (Å²) in [5.41, 5.74) is 0. The molecule has 2 heteroatoms.